The van der Waals surface area contributed by atoms with Gasteiger partial charge in [-0.1, -0.05) is 17.7 Å². The van der Waals surface area contributed by atoms with Gasteiger partial charge in [-0.05, 0) is 56.2 Å². The van der Waals surface area contributed by atoms with Crippen LogP contribution in [-0.2, 0) is 6.54 Å². The molecule has 1 aromatic heterocycles. The highest BCUT2D eigenvalue weighted by molar-refractivity contribution is 5.89. The topological polar surface area (TPSA) is 81.0 Å². The molecule has 150 valence electrons. The van der Waals surface area contributed by atoms with Crippen LogP contribution in [0.4, 0.5) is 14.9 Å². The Morgan fingerprint density at radius 3 is 2.48 bits per heavy atom. The number of nitrogens with zero attached hydrogens (tertiary/aromatic N) is 3. The molecule has 3 aromatic rings. The van der Waals surface area contributed by atoms with Crippen molar-refractivity contribution in [3.05, 3.63) is 70.4 Å². The van der Waals surface area contributed by atoms with Crippen LogP contribution in [0, 0.1) is 12.7 Å². The number of benzene rings is 2. The van der Waals surface area contributed by atoms with Gasteiger partial charge in [0, 0.05) is 23.8 Å². The summed E-state index contributed by atoms with van der Waals surface area (Å²) in [5.41, 5.74) is 2.28. The third kappa shape index (κ3) is 4.37. The molecule has 1 heterocycles. The molecule has 8 heteroatoms. The lowest BCUT2D eigenvalue weighted by Gasteiger charge is -2.07. The SMILES string of the molecule is Cc1ccc(NC(=O)NCCn2nc(-c3ccc(F)cc3)n(C3CC3)c2=O)cc1. The summed E-state index contributed by atoms with van der Waals surface area (Å²) in [4.78, 5) is 24.8. The lowest BCUT2D eigenvalue weighted by molar-refractivity contribution is 0.251. The summed E-state index contributed by atoms with van der Waals surface area (Å²) in [5, 5.41) is 9.92. The number of carbonyl (C=O) groups is 1. The van der Waals surface area contributed by atoms with Gasteiger partial charge in [0.25, 0.3) is 0 Å². The van der Waals surface area contributed by atoms with E-state index in [0.717, 1.165) is 18.4 Å². The number of halogens is 1. The van der Waals surface area contributed by atoms with Gasteiger partial charge in [-0.25, -0.2) is 18.7 Å². The van der Waals surface area contributed by atoms with E-state index in [1.54, 1.807) is 16.7 Å². The van der Waals surface area contributed by atoms with E-state index in [1.807, 2.05) is 31.2 Å². The van der Waals surface area contributed by atoms with Crippen molar-refractivity contribution < 1.29 is 9.18 Å². The first-order valence-electron chi connectivity index (χ1n) is 9.58. The van der Waals surface area contributed by atoms with Crippen LogP contribution in [0.2, 0.25) is 0 Å². The highest BCUT2D eigenvalue weighted by Gasteiger charge is 2.30. The van der Waals surface area contributed by atoms with E-state index < -0.39 is 0 Å². The zero-order chi connectivity index (χ0) is 20.4. The molecular formula is C21H22FN5O2. The first-order chi connectivity index (χ1) is 14.0. The van der Waals surface area contributed by atoms with Gasteiger partial charge < -0.3 is 10.6 Å². The van der Waals surface area contributed by atoms with E-state index in [2.05, 4.69) is 15.7 Å². The summed E-state index contributed by atoms with van der Waals surface area (Å²) in [6.07, 6.45) is 1.86. The van der Waals surface area contributed by atoms with Crippen molar-refractivity contribution in [3.8, 4) is 11.4 Å². The minimum Gasteiger partial charge on any atom is -0.336 e. The molecular weight excluding hydrogens is 373 g/mol. The maximum atomic E-state index is 13.2. The van der Waals surface area contributed by atoms with Crippen LogP contribution in [0.25, 0.3) is 11.4 Å². The number of anilines is 1. The third-order valence-electron chi connectivity index (χ3n) is 4.80. The third-order valence-corrected chi connectivity index (χ3v) is 4.80. The summed E-state index contributed by atoms with van der Waals surface area (Å²) in [5.74, 6) is 0.193. The van der Waals surface area contributed by atoms with Crippen molar-refractivity contribution in [1.29, 1.82) is 0 Å². The molecule has 0 saturated heterocycles. The van der Waals surface area contributed by atoms with Crippen molar-refractivity contribution in [2.75, 3.05) is 11.9 Å². The molecule has 1 aliphatic rings. The number of nitrogens with one attached hydrogen (secondary N) is 2. The maximum absolute atomic E-state index is 13.2. The number of amides is 2. The first-order valence-corrected chi connectivity index (χ1v) is 9.58. The molecule has 2 N–H and O–H groups in total. The lowest BCUT2D eigenvalue weighted by Crippen LogP contribution is -2.34. The fraction of sp³-hybridized carbons (Fsp3) is 0.286. The number of aryl methyl sites for hydroxylation is 1. The molecule has 1 saturated carbocycles. The second kappa shape index (κ2) is 7.90. The molecule has 0 aliphatic heterocycles. The summed E-state index contributed by atoms with van der Waals surface area (Å²) < 4.78 is 16.3. The highest BCUT2D eigenvalue weighted by atomic mass is 19.1. The number of carbonyl (C=O) groups excluding carboxylic acids is 1. The van der Waals surface area contributed by atoms with Gasteiger partial charge in [0.1, 0.15) is 5.82 Å². The summed E-state index contributed by atoms with van der Waals surface area (Å²) in [7, 11) is 0. The van der Waals surface area contributed by atoms with Gasteiger partial charge in [-0.2, -0.15) is 0 Å². The smallest absolute Gasteiger partial charge is 0.336 e. The van der Waals surface area contributed by atoms with Gasteiger partial charge in [0.2, 0.25) is 0 Å². The monoisotopic (exact) mass is 395 g/mol. The van der Waals surface area contributed by atoms with Gasteiger partial charge >= 0.3 is 11.7 Å². The van der Waals surface area contributed by atoms with Crippen LogP contribution in [0.1, 0.15) is 24.4 Å². The molecule has 2 aromatic carbocycles. The Hall–Kier alpha value is -3.42. The van der Waals surface area contributed by atoms with Crippen LogP contribution in [0.5, 0.6) is 0 Å². The van der Waals surface area contributed by atoms with E-state index >= 15 is 0 Å². The lowest BCUT2D eigenvalue weighted by atomic mass is 10.2. The maximum Gasteiger partial charge on any atom is 0.346 e. The second-order valence-electron chi connectivity index (χ2n) is 7.18. The molecule has 2 amide bonds. The molecule has 4 rings (SSSR count). The van der Waals surface area contributed by atoms with Gasteiger partial charge in [0.05, 0.1) is 6.54 Å². The molecule has 0 unspecified atom stereocenters. The number of urea groups is 1. The molecule has 1 fully saturated rings. The molecule has 1 aliphatic carbocycles. The van der Waals surface area contributed by atoms with Crippen LogP contribution in [-0.4, -0.2) is 26.9 Å². The largest absolute Gasteiger partial charge is 0.346 e. The Bertz CT molecular complexity index is 1070. The fourth-order valence-electron chi connectivity index (χ4n) is 3.11. The van der Waals surface area contributed by atoms with E-state index in [9.17, 15) is 14.0 Å². The zero-order valence-electron chi connectivity index (χ0n) is 16.1. The fourth-order valence-corrected chi connectivity index (χ4v) is 3.11. The normalized spacial score (nSPS) is 13.3. The summed E-state index contributed by atoms with van der Waals surface area (Å²) in [6.45, 7) is 2.47. The van der Waals surface area contributed by atoms with Gasteiger partial charge in [0.15, 0.2) is 5.82 Å². The molecule has 7 nitrogen and oxygen atoms in total. The number of hydrogen-bond donors (Lipinski definition) is 2. The van der Waals surface area contributed by atoms with Crippen molar-refractivity contribution in [1.82, 2.24) is 19.7 Å². The molecule has 0 spiro atoms. The van der Waals surface area contributed by atoms with Crippen LogP contribution in [0.3, 0.4) is 0 Å². The summed E-state index contributed by atoms with van der Waals surface area (Å²) in [6, 6.07) is 13.2. The molecule has 0 bridgehead atoms. The minimum absolute atomic E-state index is 0.133. The molecule has 29 heavy (non-hydrogen) atoms. The van der Waals surface area contributed by atoms with Crippen LogP contribution in [0.15, 0.2) is 53.3 Å². The van der Waals surface area contributed by atoms with Gasteiger partial charge in [-0.3, -0.25) is 4.57 Å². The van der Waals surface area contributed by atoms with Crippen molar-refractivity contribution in [2.24, 2.45) is 0 Å². The van der Waals surface area contributed by atoms with E-state index in [0.29, 0.717) is 17.1 Å². The quantitative estimate of drug-likeness (QED) is 0.672. The minimum atomic E-state index is -0.345. The van der Waals surface area contributed by atoms with Crippen molar-refractivity contribution in [3.63, 3.8) is 0 Å². The van der Waals surface area contributed by atoms with E-state index in [1.165, 1.54) is 16.8 Å². The summed E-state index contributed by atoms with van der Waals surface area (Å²) >= 11 is 0. The molecule has 0 atom stereocenters. The van der Waals surface area contributed by atoms with Gasteiger partial charge in [-0.15, -0.1) is 5.10 Å². The number of hydrogen-bond acceptors (Lipinski definition) is 3. The van der Waals surface area contributed by atoms with Crippen molar-refractivity contribution in [2.45, 2.75) is 32.4 Å². The van der Waals surface area contributed by atoms with E-state index in [4.69, 9.17) is 0 Å². The Balaban J connectivity index is 1.43. The predicted molar refractivity (Wildman–Crippen MR) is 108 cm³/mol. The predicted octanol–water partition coefficient (Wildman–Crippen LogP) is 3.32. The first kappa shape index (κ1) is 18.9. The number of rotatable bonds is 6. The standard InChI is InChI=1S/C21H22FN5O2/c1-14-2-8-17(9-3-14)24-20(28)23-12-13-26-21(29)27(18-10-11-18)19(25-26)15-4-6-16(22)7-5-15/h2-9,18H,10-13H2,1H3,(H2,23,24,28). The molecule has 0 radical (unpaired) electrons. The average Bonchev–Trinajstić information content (AvgIpc) is 3.49. The van der Waals surface area contributed by atoms with Crippen LogP contribution >= 0.6 is 0 Å². The second-order valence-corrected chi connectivity index (χ2v) is 7.18. The Kier molecular flexibility index (Phi) is 5.16. The van der Waals surface area contributed by atoms with E-state index in [-0.39, 0.29) is 36.7 Å². The van der Waals surface area contributed by atoms with Crippen LogP contribution < -0.4 is 16.3 Å². The van der Waals surface area contributed by atoms with Crippen molar-refractivity contribution >= 4 is 11.7 Å². The Morgan fingerprint density at radius 2 is 1.83 bits per heavy atom. The number of aromatic nitrogens is 3. The average molecular weight is 395 g/mol. The Morgan fingerprint density at radius 1 is 1.14 bits per heavy atom. The highest BCUT2D eigenvalue weighted by Crippen LogP contribution is 2.36. The Labute approximate surface area is 167 Å². The zero-order valence-corrected chi connectivity index (χ0v) is 16.1.